The SMILES string of the molecule is COc1c(C)cccc1C(Cc1cnco1)c1cnc[nH]1. The first-order valence-electron chi connectivity index (χ1n) is 6.78. The first-order chi connectivity index (χ1) is 10.3. The number of hydrogen-bond donors (Lipinski definition) is 1. The minimum absolute atomic E-state index is 0.0790. The van der Waals surface area contributed by atoms with Crippen molar-refractivity contribution in [2.45, 2.75) is 19.3 Å². The van der Waals surface area contributed by atoms with Gasteiger partial charge in [-0.05, 0) is 12.5 Å². The molecule has 1 aromatic carbocycles. The zero-order valence-corrected chi connectivity index (χ0v) is 12.0. The molecule has 0 aliphatic heterocycles. The second-order valence-electron chi connectivity index (χ2n) is 4.93. The van der Waals surface area contributed by atoms with Crippen molar-refractivity contribution in [2.75, 3.05) is 7.11 Å². The van der Waals surface area contributed by atoms with E-state index in [0.717, 1.165) is 28.3 Å². The molecule has 0 saturated heterocycles. The summed E-state index contributed by atoms with van der Waals surface area (Å²) in [5.41, 5.74) is 3.24. The molecule has 0 aliphatic rings. The monoisotopic (exact) mass is 283 g/mol. The molecule has 0 fully saturated rings. The maximum atomic E-state index is 5.59. The highest BCUT2D eigenvalue weighted by Crippen LogP contribution is 2.35. The lowest BCUT2D eigenvalue weighted by Gasteiger charge is -2.19. The lowest BCUT2D eigenvalue weighted by Crippen LogP contribution is -2.08. The Hall–Kier alpha value is -2.56. The molecule has 5 heteroatoms. The molecular formula is C16H17N3O2. The van der Waals surface area contributed by atoms with Gasteiger partial charge in [-0.1, -0.05) is 18.2 Å². The third-order valence-corrected chi connectivity index (χ3v) is 3.61. The minimum atomic E-state index is 0.0790. The number of aromatic amines is 1. The van der Waals surface area contributed by atoms with E-state index in [0.29, 0.717) is 6.42 Å². The number of methoxy groups -OCH3 is 1. The predicted molar refractivity (Wildman–Crippen MR) is 78.4 cm³/mol. The zero-order chi connectivity index (χ0) is 14.7. The van der Waals surface area contributed by atoms with Gasteiger partial charge in [0.05, 0.1) is 19.6 Å². The van der Waals surface area contributed by atoms with Crippen LogP contribution in [0.15, 0.2) is 47.7 Å². The molecule has 0 amide bonds. The molecule has 1 unspecified atom stereocenters. The highest BCUT2D eigenvalue weighted by molar-refractivity contribution is 5.45. The molecule has 0 radical (unpaired) electrons. The quantitative estimate of drug-likeness (QED) is 0.781. The molecular weight excluding hydrogens is 266 g/mol. The Morgan fingerprint density at radius 2 is 2.19 bits per heavy atom. The smallest absolute Gasteiger partial charge is 0.180 e. The van der Waals surface area contributed by atoms with Crippen molar-refractivity contribution < 1.29 is 9.15 Å². The highest BCUT2D eigenvalue weighted by atomic mass is 16.5. The number of oxazole rings is 1. The van der Waals surface area contributed by atoms with Gasteiger partial charge in [0, 0.05) is 29.8 Å². The second-order valence-corrected chi connectivity index (χ2v) is 4.93. The van der Waals surface area contributed by atoms with Gasteiger partial charge in [-0.15, -0.1) is 0 Å². The fraction of sp³-hybridized carbons (Fsp3) is 0.250. The number of imidazole rings is 1. The van der Waals surface area contributed by atoms with Crippen LogP contribution in [-0.2, 0) is 6.42 Å². The molecule has 108 valence electrons. The van der Waals surface area contributed by atoms with E-state index >= 15 is 0 Å². The van der Waals surface area contributed by atoms with Crippen molar-refractivity contribution in [2.24, 2.45) is 0 Å². The second kappa shape index (κ2) is 5.83. The summed E-state index contributed by atoms with van der Waals surface area (Å²) in [5, 5.41) is 0. The molecule has 1 N–H and O–H groups in total. The van der Waals surface area contributed by atoms with Crippen molar-refractivity contribution in [3.05, 3.63) is 65.9 Å². The third-order valence-electron chi connectivity index (χ3n) is 3.61. The van der Waals surface area contributed by atoms with Crippen LogP contribution in [0, 0.1) is 6.92 Å². The van der Waals surface area contributed by atoms with Crippen molar-refractivity contribution in [1.82, 2.24) is 15.0 Å². The van der Waals surface area contributed by atoms with Crippen molar-refractivity contribution >= 4 is 0 Å². The van der Waals surface area contributed by atoms with Gasteiger partial charge in [0.25, 0.3) is 0 Å². The van der Waals surface area contributed by atoms with Crippen LogP contribution in [0.2, 0.25) is 0 Å². The standard InChI is InChI=1S/C16H17N3O2/c1-11-4-3-5-13(16(11)20-2)14(15-8-17-9-19-15)6-12-7-18-10-21-12/h3-5,7-10,14H,6H2,1-2H3,(H,17,19). The maximum Gasteiger partial charge on any atom is 0.180 e. The Morgan fingerprint density at radius 3 is 2.86 bits per heavy atom. The number of para-hydroxylation sites is 1. The Morgan fingerprint density at radius 1 is 1.29 bits per heavy atom. The van der Waals surface area contributed by atoms with Gasteiger partial charge in [-0.3, -0.25) is 0 Å². The number of nitrogens with one attached hydrogen (secondary N) is 1. The number of hydrogen-bond acceptors (Lipinski definition) is 4. The summed E-state index contributed by atoms with van der Waals surface area (Å²) in [5.74, 6) is 1.81. The van der Waals surface area contributed by atoms with Gasteiger partial charge in [0.2, 0.25) is 0 Å². The highest BCUT2D eigenvalue weighted by Gasteiger charge is 2.22. The van der Waals surface area contributed by atoms with Crippen molar-refractivity contribution in [3.8, 4) is 5.75 Å². The third kappa shape index (κ3) is 2.67. The molecule has 2 aromatic heterocycles. The molecule has 1 atom stereocenters. The Labute approximate surface area is 123 Å². The molecule has 0 spiro atoms. The number of rotatable bonds is 5. The summed E-state index contributed by atoms with van der Waals surface area (Å²) >= 11 is 0. The van der Waals surface area contributed by atoms with Gasteiger partial charge in [0.15, 0.2) is 6.39 Å². The Kier molecular flexibility index (Phi) is 3.73. The van der Waals surface area contributed by atoms with E-state index in [1.54, 1.807) is 19.6 Å². The Bertz CT molecular complexity index is 690. The number of benzene rings is 1. The van der Waals surface area contributed by atoms with E-state index in [1.165, 1.54) is 6.39 Å². The summed E-state index contributed by atoms with van der Waals surface area (Å²) in [4.78, 5) is 11.3. The molecule has 21 heavy (non-hydrogen) atoms. The van der Waals surface area contributed by atoms with Crippen molar-refractivity contribution in [1.29, 1.82) is 0 Å². The van der Waals surface area contributed by atoms with Crippen LogP contribution in [0.25, 0.3) is 0 Å². The average Bonchev–Trinajstić information content (AvgIpc) is 3.18. The largest absolute Gasteiger partial charge is 0.496 e. The van der Waals surface area contributed by atoms with Gasteiger partial charge in [0.1, 0.15) is 11.5 Å². The zero-order valence-electron chi connectivity index (χ0n) is 12.0. The number of ether oxygens (including phenoxy) is 1. The average molecular weight is 283 g/mol. The van der Waals surface area contributed by atoms with Crippen LogP contribution in [0.1, 0.15) is 28.5 Å². The fourth-order valence-electron chi connectivity index (χ4n) is 2.62. The summed E-state index contributed by atoms with van der Waals surface area (Å²) in [7, 11) is 1.70. The molecule has 3 aromatic rings. The summed E-state index contributed by atoms with van der Waals surface area (Å²) in [6.07, 6.45) is 7.41. The van der Waals surface area contributed by atoms with Crippen LogP contribution < -0.4 is 4.74 Å². The van der Waals surface area contributed by atoms with Crippen LogP contribution >= 0.6 is 0 Å². The maximum absolute atomic E-state index is 5.59. The molecule has 0 bridgehead atoms. The lowest BCUT2D eigenvalue weighted by atomic mass is 9.90. The first-order valence-corrected chi connectivity index (χ1v) is 6.78. The topological polar surface area (TPSA) is 63.9 Å². The summed E-state index contributed by atoms with van der Waals surface area (Å²) < 4.78 is 11.0. The number of nitrogens with zero attached hydrogens (tertiary/aromatic N) is 2. The summed E-state index contributed by atoms with van der Waals surface area (Å²) in [6, 6.07) is 6.16. The van der Waals surface area contributed by atoms with E-state index in [-0.39, 0.29) is 5.92 Å². The van der Waals surface area contributed by atoms with Crippen LogP contribution in [0.5, 0.6) is 5.75 Å². The number of aryl methyl sites for hydroxylation is 1. The van der Waals surface area contributed by atoms with Crippen molar-refractivity contribution in [3.63, 3.8) is 0 Å². The predicted octanol–water partition coefficient (Wildman–Crippen LogP) is 3.09. The molecule has 0 aliphatic carbocycles. The van der Waals surface area contributed by atoms with Crippen LogP contribution in [0.3, 0.4) is 0 Å². The fourth-order valence-corrected chi connectivity index (χ4v) is 2.62. The van der Waals surface area contributed by atoms with Gasteiger partial charge >= 0.3 is 0 Å². The minimum Gasteiger partial charge on any atom is -0.496 e. The van der Waals surface area contributed by atoms with Crippen LogP contribution in [-0.4, -0.2) is 22.1 Å². The molecule has 5 nitrogen and oxygen atoms in total. The normalized spacial score (nSPS) is 12.3. The van der Waals surface area contributed by atoms with E-state index in [2.05, 4.69) is 21.0 Å². The van der Waals surface area contributed by atoms with E-state index < -0.39 is 0 Å². The van der Waals surface area contributed by atoms with Gasteiger partial charge < -0.3 is 14.1 Å². The van der Waals surface area contributed by atoms with E-state index in [4.69, 9.17) is 9.15 Å². The van der Waals surface area contributed by atoms with Gasteiger partial charge in [-0.2, -0.15) is 0 Å². The number of H-pyrrole nitrogens is 1. The lowest BCUT2D eigenvalue weighted by molar-refractivity contribution is 0.402. The summed E-state index contributed by atoms with van der Waals surface area (Å²) in [6.45, 7) is 2.04. The molecule has 0 saturated carbocycles. The van der Waals surface area contributed by atoms with Crippen LogP contribution in [0.4, 0.5) is 0 Å². The molecule has 2 heterocycles. The number of aromatic nitrogens is 3. The van der Waals surface area contributed by atoms with Gasteiger partial charge in [-0.25, -0.2) is 9.97 Å². The Balaban J connectivity index is 2.05. The van der Waals surface area contributed by atoms with E-state index in [1.807, 2.05) is 25.3 Å². The molecule has 3 rings (SSSR count). The van der Waals surface area contributed by atoms with E-state index in [9.17, 15) is 0 Å². The first kappa shape index (κ1) is 13.4.